The predicted octanol–water partition coefficient (Wildman–Crippen LogP) is 3.33. The number of H-pyrrole nitrogens is 1. The van der Waals surface area contributed by atoms with Gasteiger partial charge in [-0.3, -0.25) is 9.69 Å². The van der Waals surface area contributed by atoms with E-state index in [9.17, 15) is 13.6 Å². The Hall–Kier alpha value is -2.38. The summed E-state index contributed by atoms with van der Waals surface area (Å²) in [4.78, 5) is 22.7. The summed E-state index contributed by atoms with van der Waals surface area (Å²) in [6.07, 6.45) is 0.606. The Kier molecular flexibility index (Phi) is 4.19. The van der Waals surface area contributed by atoms with Crippen LogP contribution in [0.4, 0.5) is 8.78 Å². The van der Waals surface area contributed by atoms with E-state index < -0.39 is 11.6 Å². The van der Waals surface area contributed by atoms with Crippen molar-refractivity contribution in [2.75, 3.05) is 6.54 Å². The second-order valence-electron chi connectivity index (χ2n) is 5.99. The van der Waals surface area contributed by atoms with E-state index in [-0.39, 0.29) is 12.1 Å². The fourth-order valence-corrected chi connectivity index (χ4v) is 3.73. The molecule has 1 aliphatic heterocycles. The number of thiophene rings is 1. The van der Waals surface area contributed by atoms with Gasteiger partial charge in [0.25, 0.3) is 5.56 Å². The maximum atomic E-state index is 13.9. The third-order valence-electron chi connectivity index (χ3n) is 4.33. The predicted molar refractivity (Wildman–Crippen MR) is 92.3 cm³/mol. The van der Waals surface area contributed by atoms with Crippen molar-refractivity contribution in [1.82, 2.24) is 14.9 Å². The summed E-state index contributed by atoms with van der Waals surface area (Å²) in [5, 5.41) is 1.93. The summed E-state index contributed by atoms with van der Waals surface area (Å²) in [5.74, 6) is -1.09. The average molecular weight is 359 g/mol. The summed E-state index contributed by atoms with van der Waals surface area (Å²) in [6.45, 7) is 1.27. The van der Waals surface area contributed by atoms with Crippen molar-refractivity contribution in [2.45, 2.75) is 19.5 Å². The van der Waals surface area contributed by atoms with Crippen LogP contribution in [0.1, 0.15) is 16.8 Å². The number of hydrogen-bond acceptors (Lipinski definition) is 4. The van der Waals surface area contributed by atoms with Gasteiger partial charge in [-0.25, -0.2) is 13.8 Å². The molecule has 1 aromatic carbocycles. The molecular weight excluding hydrogens is 344 g/mol. The molecule has 0 atom stereocenters. The van der Waals surface area contributed by atoms with Crippen molar-refractivity contribution in [2.24, 2.45) is 0 Å². The molecular formula is C18H15F2N3OS. The number of nitrogens with one attached hydrogen (secondary N) is 1. The lowest BCUT2D eigenvalue weighted by Crippen LogP contribution is -2.35. The van der Waals surface area contributed by atoms with Crippen molar-refractivity contribution in [1.29, 1.82) is 0 Å². The zero-order chi connectivity index (χ0) is 17.4. The highest BCUT2D eigenvalue weighted by Gasteiger charge is 2.23. The topological polar surface area (TPSA) is 49.0 Å². The quantitative estimate of drug-likeness (QED) is 0.780. The van der Waals surface area contributed by atoms with Gasteiger partial charge in [-0.1, -0.05) is 18.2 Å². The van der Waals surface area contributed by atoms with Crippen molar-refractivity contribution in [3.8, 4) is 10.7 Å². The Morgan fingerprint density at radius 1 is 1.24 bits per heavy atom. The molecule has 3 aromatic rings. The molecule has 25 heavy (non-hydrogen) atoms. The van der Waals surface area contributed by atoms with E-state index in [2.05, 4.69) is 9.97 Å². The van der Waals surface area contributed by atoms with Gasteiger partial charge < -0.3 is 4.98 Å². The molecule has 0 unspecified atom stereocenters. The van der Waals surface area contributed by atoms with Crippen LogP contribution >= 0.6 is 11.3 Å². The number of nitrogens with zero attached hydrogens (tertiary/aromatic N) is 2. The molecule has 1 aliphatic rings. The second-order valence-corrected chi connectivity index (χ2v) is 6.94. The van der Waals surface area contributed by atoms with Gasteiger partial charge in [0.1, 0.15) is 0 Å². The lowest BCUT2D eigenvalue weighted by Gasteiger charge is -2.27. The molecule has 1 N–H and O–H groups in total. The van der Waals surface area contributed by atoms with Crippen LogP contribution in [0.15, 0.2) is 40.5 Å². The van der Waals surface area contributed by atoms with Crippen LogP contribution in [-0.2, 0) is 19.5 Å². The third-order valence-corrected chi connectivity index (χ3v) is 5.20. The standard InChI is InChI=1S/C18H15F2N3OS/c19-13-4-1-3-11(16(13)20)9-23-7-6-14-12(10-23)18(24)22-17(21-14)15-5-2-8-25-15/h1-5,8H,6-7,9-10H2,(H,21,22,24). The van der Waals surface area contributed by atoms with E-state index >= 15 is 0 Å². The molecule has 0 radical (unpaired) electrons. The van der Waals surface area contributed by atoms with Crippen LogP contribution in [0.25, 0.3) is 10.7 Å². The molecule has 2 aromatic heterocycles. The van der Waals surface area contributed by atoms with Crippen LogP contribution in [0.2, 0.25) is 0 Å². The molecule has 3 heterocycles. The van der Waals surface area contributed by atoms with Gasteiger partial charge >= 0.3 is 0 Å². The fraction of sp³-hybridized carbons (Fsp3) is 0.222. The number of aromatic nitrogens is 2. The highest BCUT2D eigenvalue weighted by molar-refractivity contribution is 7.13. The summed E-state index contributed by atoms with van der Waals surface area (Å²) < 4.78 is 27.2. The SMILES string of the molecule is O=c1[nH]c(-c2cccs2)nc2c1CN(Cc1cccc(F)c1F)CC2. The van der Waals surface area contributed by atoms with Crippen LogP contribution in [0, 0.1) is 11.6 Å². The van der Waals surface area contributed by atoms with Crippen LogP contribution < -0.4 is 5.56 Å². The molecule has 128 valence electrons. The fourth-order valence-electron chi connectivity index (χ4n) is 3.06. The number of halogens is 2. The van der Waals surface area contributed by atoms with Gasteiger partial charge in [-0.05, 0) is 17.5 Å². The molecule has 7 heteroatoms. The second kappa shape index (κ2) is 6.50. The molecule has 0 fully saturated rings. The van der Waals surface area contributed by atoms with Crippen LogP contribution in [0.3, 0.4) is 0 Å². The third kappa shape index (κ3) is 3.12. The zero-order valence-electron chi connectivity index (χ0n) is 13.3. The largest absolute Gasteiger partial charge is 0.306 e. The first-order chi connectivity index (χ1) is 12.1. The van der Waals surface area contributed by atoms with Crippen molar-refractivity contribution in [3.63, 3.8) is 0 Å². The minimum absolute atomic E-state index is 0.169. The molecule has 0 saturated carbocycles. The molecule has 0 aliphatic carbocycles. The van der Waals surface area contributed by atoms with E-state index in [4.69, 9.17) is 0 Å². The Morgan fingerprint density at radius 3 is 2.92 bits per heavy atom. The van der Waals surface area contributed by atoms with Crippen LogP contribution in [-0.4, -0.2) is 21.4 Å². The Labute approximate surface area is 146 Å². The number of rotatable bonds is 3. The Bertz CT molecular complexity index is 969. The highest BCUT2D eigenvalue weighted by atomic mass is 32.1. The first-order valence-corrected chi connectivity index (χ1v) is 8.81. The summed E-state index contributed by atoms with van der Waals surface area (Å²) in [7, 11) is 0. The van der Waals surface area contributed by atoms with E-state index in [1.54, 1.807) is 6.07 Å². The monoisotopic (exact) mass is 359 g/mol. The minimum Gasteiger partial charge on any atom is -0.306 e. The molecule has 0 saturated heterocycles. The number of fused-ring (bicyclic) bond motifs is 1. The Morgan fingerprint density at radius 2 is 2.12 bits per heavy atom. The smallest absolute Gasteiger partial charge is 0.255 e. The summed E-state index contributed by atoms with van der Waals surface area (Å²) in [6, 6.07) is 7.99. The van der Waals surface area contributed by atoms with E-state index in [1.807, 2.05) is 22.4 Å². The van der Waals surface area contributed by atoms with E-state index in [1.165, 1.54) is 17.4 Å². The highest BCUT2D eigenvalue weighted by Crippen LogP contribution is 2.23. The first-order valence-electron chi connectivity index (χ1n) is 7.93. The molecule has 4 rings (SSSR count). The van der Waals surface area contributed by atoms with E-state index in [0.717, 1.165) is 16.6 Å². The summed E-state index contributed by atoms with van der Waals surface area (Å²) in [5.41, 5.74) is 1.51. The number of hydrogen-bond donors (Lipinski definition) is 1. The van der Waals surface area contributed by atoms with Gasteiger partial charge in [0.05, 0.1) is 16.1 Å². The lowest BCUT2D eigenvalue weighted by atomic mass is 10.1. The van der Waals surface area contributed by atoms with Crippen molar-refractivity contribution in [3.05, 3.63) is 74.5 Å². The maximum Gasteiger partial charge on any atom is 0.255 e. The molecule has 4 nitrogen and oxygen atoms in total. The first kappa shape index (κ1) is 16.1. The normalized spacial score (nSPS) is 14.5. The summed E-state index contributed by atoms with van der Waals surface area (Å²) >= 11 is 1.52. The Balaban J connectivity index is 1.59. The average Bonchev–Trinajstić information content (AvgIpc) is 3.14. The van der Waals surface area contributed by atoms with Crippen LogP contribution in [0.5, 0.6) is 0 Å². The van der Waals surface area contributed by atoms with Gasteiger partial charge in [0.15, 0.2) is 17.5 Å². The number of benzene rings is 1. The van der Waals surface area contributed by atoms with Crippen molar-refractivity contribution >= 4 is 11.3 Å². The molecule has 0 amide bonds. The van der Waals surface area contributed by atoms with Gasteiger partial charge in [0.2, 0.25) is 0 Å². The lowest BCUT2D eigenvalue weighted by molar-refractivity contribution is 0.237. The number of aromatic amines is 1. The zero-order valence-corrected chi connectivity index (χ0v) is 14.1. The molecule has 0 bridgehead atoms. The van der Waals surface area contributed by atoms with Gasteiger partial charge in [-0.15, -0.1) is 11.3 Å². The van der Waals surface area contributed by atoms with Crippen molar-refractivity contribution < 1.29 is 8.78 Å². The minimum atomic E-state index is -0.852. The van der Waals surface area contributed by atoms with Gasteiger partial charge in [-0.2, -0.15) is 0 Å². The van der Waals surface area contributed by atoms with Gasteiger partial charge in [0, 0.05) is 31.6 Å². The van der Waals surface area contributed by atoms with E-state index in [0.29, 0.717) is 36.5 Å². The molecule has 0 spiro atoms. The maximum absolute atomic E-state index is 13.9.